The first-order valence-corrected chi connectivity index (χ1v) is 7.45. The van der Waals surface area contributed by atoms with Gasteiger partial charge in [0.2, 0.25) is 10.0 Å². The molecule has 5 nitrogen and oxygen atoms in total. The summed E-state index contributed by atoms with van der Waals surface area (Å²) in [6.45, 7) is 3.04. The second-order valence-corrected chi connectivity index (χ2v) is 6.39. The van der Waals surface area contributed by atoms with Crippen LogP contribution in [0.4, 0.5) is 8.78 Å². The van der Waals surface area contributed by atoms with Crippen LogP contribution >= 0.6 is 0 Å². The number of carboxylic acid groups (broad SMARTS) is 1. The van der Waals surface area contributed by atoms with Gasteiger partial charge in [-0.25, -0.2) is 21.9 Å². The molecule has 0 amide bonds. The number of carboxylic acids is 1. The average Bonchev–Trinajstić information content (AvgIpc) is 2.30. The molecule has 2 N–H and O–H groups in total. The third kappa shape index (κ3) is 4.24. The third-order valence-corrected chi connectivity index (χ3v) is 3.92. The molecule has 8 heteroatoms. The number of hydrogen-bond acceptors (Lipinski definition) is 3. The van der Waals surface area contributed by atoms with Crippen molar-refractivity contribution in [1.82, 2.24) is 4.72 Å². The summed E-state index contributed by atoms with van der Waals surface area (Å²) in [7, 11) is -4.18. The van der Waals surface area contributed by atoms with Gasteiger partial charge in [0.25, 0.3) is 0 Å². The van der Waals surface area contributed by atoms with Crippen molar-refractivity contribution in [3.05, 3.63) is 35.4 Å². The Labute approximate surface area is 115 Å². The number of carbonyl (C=O) groups is 1. The molecule has 0 saturated heterocycles. The SMILES string of the molecule is CC(C)[C@@H](NS(=O)(=O)Cc1c(F)cccc1F)C(=O)O. The molecular weight excluding hydrogens is 292 g/mol. The van der Waals surface area contributed by atoms with Crippen LogP contribution < -0.4 is 4.72 Å². The zero-order chi connectivity index (χ0) is 15.5. The Kier molecular flexibility index (Phi) is 5.18. The zero-order valence-corrected chi connectivity index (χ0v) is 11.7. The molecule has 0 fully saturated rings. The third-order valence-electron chi connectivity index (χ3n) is 2.64. The van der Waals surface area contributed by atoms with Gasteiger partial charge in [-0.2, -0.15) is 0 Å². The van der Waals surface area contributed by atoms with Gasteiger partial charge in [-0.15, -0.1) is 0 Å². The minimum atomic E-state index is -4.18. The molecule has 0 aromatic heterocycles. The molecular formula is C12H15F2NO4S. The Morgan fingerprint density at radius 1 is 1.30 bits per heavy atom. The van der Waals surface area contributed by atoms with Gasteiger partial charge in [0.15, 0.2) is 0 Å². The summed E-state index contributed by atoms with van der Waals surface area (Å²) >= 11 is 0. The lowest BCUT2D eigenvalue weighted by atomic mass is 10.1. The second-order valence-electron chi connectivity index (χ2n) is 4.64. The first-order chi connectivity index (χ1) is 9.14. The lowest BCUT2D eigenvalue weighted by Gasteiger charge is -2.18. The molecule has 0 unspecified atom stereocenters. The number of halogens is 2. The predicted molar refractivity (Wildman–Crippen MR) is 68.4 cm³/mol. The number of aliphatic carboxylic acids is 1. The molecule has 0 bridgehead atoms. The van der Waals surface area contributed by atoms with E-state index in [9.17, 15) is 22.0 Å². The van der Waals surface area contributed by atoms with Gasteiger partial charge >= 0.3 is 5.97 Å². The van der Waals surface area contributed by atoms with Crippen molar-refractivity contribution >= 4 is 16.0 Å². The lowest BCUT2D eigenvalue weighted by Crippen LogP contribution is -2.44. The fourth-order valence-electron chi connectivity index (χ4n) is 1.57. The zero-order valence-electron chi connectivity index (χ0n) is 10.9. The van der Waals surface area contributed by atoms with E-state index in [1.807, 2.05) is 4.72 Å². The second kappa shape index (κ2) is 6.27. The van der Waals surface area contributed by atoms with Gasteiger partial charge in [-0.3, -0.25) is 4.79 Å². The van der Waals surface area contributed by atoms with Crippen LogP contribution in [0.5, 0.6) is 0 Å². The van der Waals surface area contributed by atoms with Gasteiger partial charge in [0.05, 0.1) is 5.75 Å². The van der Waals surface area contributed by atoms with Crippen LogP contribution in [0.25, 0.3) is 0 Å². The summed E-state index contributed by atoms with van der Waals surface area (Å²) in [5, 5.41) is 8.91. The highest BCUT2D eigenvalue weighted by atomic mass is 32.2. The fourth-order valence-corrected chi connectivity index (χ4v) is 3.07. The van der Waals surface area contributed by atoms with Crippen molar-refractivity contribution in [1.29, 1.82) is 0 Å². The summed E-state index contributed by atoms with van der Waals surface area (Å²) in [4.78, 5) is 10.9. The molecule has 0 heterocycles. The fraction of sp³-hybridized carbons (Fsp3) is 0.417. The van der Waals surface area contributed by atoms with Crippen molar-refractivity contribution in [2.24, 2.45) is 5.92 Å². The predicted octanol–water partition coefficient (Wildman–Crippen LogP) is 1.49. The Hall–Kier alpha value is -1.54. The number of sulfonamides is 1. The maximum Gasteiger partial charge on any atom is 0.321 e. The summed E-state index contributed by atoms with van der Waals surface area (Å²) < 4.78 is 52.3. The van der Waals surface area contributed by atoms with Crippen molar-refractivity contribution in [3.63, 3.8) is 0 Å². The molecule has 0 saturated carbocycles. The molecule has 1 aromatic rings. The Morgan fingerprint density at radius 3 is 2.20 bits per heavy atom. The number of rotatable bonds is 6. The number of benzene rings is 1. The first kappa shape index (κ1) is 16.5. The topological polar surface area (TPSA) is 83.5 Å². The van der Waals surface area contributed by atoms with E-state index in [2.05, 4.69) is 0 Å². The van der Waals surface area contributed by atoms with Crippen LogP contribution in [0.15, 0.2) is 18.2 Å². The summed E-state index contributed by atoms with van der Waals surface area (Å²) in [5.41, 5.74) is -0.618. The summed E-state index contributed by atoms with van der Waals surface area (Å²) in [5.74, 6) is -4.80. The molecule has 1 rings (SSSR count). The van der Waals surface area contributed by atoms with Crippen LogP contribution in [-0.4, -0.2) is 25.5 Å². The van der Waals surface area contributed by atoms with Crippen molar-refractivity contribution in [2.45, 2.75) is 25.6 Å². The number of hydrogen-bond donors (Lipinski definition) is 2. The van der Waals surface area contributed by atoms with Gasteiger partial charge in [-0.1, -0.05) is 19.9 Å². The van der Waals surface area contributed by atoms with E-state index >= 15 is 0 Å². The molecule has 0 radical (unpaired) electrons. The average molecular weight is 307 g/mol. The van der Waals surface area contributed by atoms with Crippen LogP contribution in [0.1, 0.15) is 19.4 Å². The standard InChI is InChI=1S/C12H15F2NO4S/c1-7(2)11(12(16)17)15-20(18,19)6-8-9(13)4-3-5-10(8)14/h3-5,7,11,15H,6H2,1-2H3,(H,16,17)/t11-/m1/s1. The Bertz CT molecular complexity index is 581. The van der Waals surface area contributed by atoms with E-state index in [-0.39, 0.29) is 0 Å². The van der Waals surface area contributed by atoms with Crippen LogP contribution in [0.2, 0.25) is 0 Å². The van der Waals surface area contributed by atoms with E-state index in [4.69, 9.17) is 5.11 Å². The minimum absolute atomic E-state index is 0.507. The van der Waals surface area contributed by atoms with Crippen LogP contribution in [0.3, 0.4) is 0 Å². The highest BCUT2D eigenvalue weighted by Gasteiger charge is 2.28. The first-order valence-electron chi connectivity index (χ1n) is 5.79. The van der Waals surface area contributed by atoms with Gasteiger partial charge in [0.1, 0.15) is 17.7 Å². The van der Waals surface area contributed by atoms with Gasteiger partial charge in [-0.05, 0) is 18.1 Å². The van der Waals surface area contributed by atoms with Crippen molar-refractivity contribution < 1.29 is 27.1 Å². The van der Waals surface area contributed by atoms with Crippen molar-refractivity contribution in [3.8, 4) is 0 Å². The molecule has 0 spiro atoms. The summed E-state index contributed by atoms with van der Waals surface area (Å²) in [6.07, 6.45) is 0. The van der Waals surface area contributed by atoms with Crippen molar-refractivity contribution in [2.75, 3.05) is 0 Å². The van der Waals surface area contributed by atoms with Crippen LogP contribution in [0, 0.1) is 17.6 Å². The van der Waals surface area contributed by atoms with Gasteiger partial charge in [0, 0.05) is 5.56 Å². The monoisotopic (exact) mass is 307 g/mol. The minimum Gasteiger partial charge on any atom is -0.480 e. The number of nitrogens with one attached hydrogen (secondary N) is 1. The molecule has 20 heavy (non-hydrogen) atoms. The van der Waals surface area contributed by atoms with E-state index in [0.717, 1.165) is 18.2 Å². The Morgan fingerprint density at radius 2 is 1.80 bits per heavy atom. The maximum atomic E-state index is 13.4. The van der Waals surface area contributed by atoms with Crippen LogP contribution in [-0.2, 0) is 20.6 Å². The molecule has 1 aromatic carbocycles. The molecule has 0 aliphatic rings. The molecule has 0 aliphatic carbocycles. The normalized spacial score (nSPS) is 13.4. The van der Waals surface area contributed by atoms with E-state index < -0.39 is 50.9 Å². The maximum absolute atomic E-state index is 13.4. The van der Waals surface area contributed by atoms with Gasteiger partial charge < -0.3 is 5.11 Å². The smallest absolute Gasteiger partial charge is 0.321 e. The lowest BCUT2D eigenvalue weighted by molar-refractivity contribution is -0.140. The molecule has 1 atom stereocenters. The highest BCUT2D eigenvalue weighted by molar-refractivity contribution is 7.88. The largest absolute Gasteiger partial charge is 0.480 e. The Balaban J connectivity index is 2.98. The summed E-state index contributed by atoms with van der Waals surface area (Å²) in [6, 6.07) is 1.63. The van der Waals surface area contributed by atoms with E-state index in [1.54, 1.807) is 0 Å². The highest BCUT2D eigenvalue weighted by Crippen LogP contribution is 2.15. The van der Waals surface area contributed by atoms with E-state index in [0.29, 0.717) is 0 Å². The van der Waals surface area contributed by atoms with E-state index in [1.165, 1.54) is 13.8 Å². The quantitative estimate of drug-likeness (QED) is 0.834. The molecule has 0 aliphatic heterocycles. The molecule has 112 valence electrons.